The third-order valence-electron chi connectivity index (χ3n) is 5.03. The van der Waals surface area contributed by atoms with Gasteiger partial charge < -0.3 is 14.2 Å². The number of thioether (sulfide) groups is 2. The Morgan fingerprint density at radius 3 is 2.77 bits per heavy atom. The van der Waals surface area contributed by atoms with E-state index in [1.165, 1.54) is 15.1 Å². The lowest BCUT2D eigenvalue weighted by molar-refractivity contribution is -0.642. The molecule has 0 N–H and O–H groups in total. The minimum Gasteiger partial charge on any atom is -0.748 e. The molecule has 4 rings (SSSR count). The van der Waals surface area contributed by atoms with Gasteiger partial charge in [-0.3, -0.25) is 0 Å². The Morgan fingerprint density at radius 2 is 2.06 bits per heavy atom. The molecule has 0 saturated heterocycles. The van der Waals surface area contributed by atoms with Gasteiger partial charge in [0.05, 0.1) is 34.0 Å². The fraction of sp³-hybridized carbons (Fsp3) is 0.286. The van der Waals surface area contributed by atoms with Crippen LogP contribution in [0.15, 0.2) is 51.2 Å². The summed E-state index contributed by atoms with van der Waals surface area (Å²) in [4.78, 5) is 4.37. The molecule has 6 nitrogen and oxygen atoms in total. The number of fused-ring (bicyclic) bond motifs is 2. The highest BCUT2D eigenvalue weighted by atomic mass is 32.2. The van der Waals surface area contributed by atoms with Crippen molar-refractivity contribution in [2.75, 3.05) is 30.6 Å². The molecule has 0 amide bonds. The Kier molecular flexibility index (Phi) is 6.55. The van der Waals surface area contributed by atoms with Crippen LogP contribution in [0.5, 0.6) is 5.75 Å². The van der Waals surface area contributed by atoms with Crippen molar-refractivity contribution >= 4 is 67.0 Å². The normalized spacial score (nSPS) is 15.1. The second-order valence-electron chi connectivity index (χ2n) is 7.02. The first-order valence-electron chi connectivity index (χ1n) is 9.54. The number of hydrogen-bond donors (Lipinski definition) is 0. The second kappa shape index (κ2) is 9.03. The molecule has 0 saturated carbocycles. The molecule has 2 aromatic carbocycles. The number of aromatic nitrogens is 1. The Balaban J connectivity index is 1.72. The Labute approximate surface area is 194 Å². The summed E-state index contributed by atoms with van der Waals surface area (Å²) < 4.78 is 42.1. The van der Waals surface area contributed by atoms with Gasteiger partial charge in [-0.1, -0.05) is 23.1 Å². The van der Waals surface area contributed by atoms with Crippen LogP contribution in [0.1, 0.15) is 11.4 Å². The largest absolute Gasteiger partial charge is 0.748 e. The summed E-state index contributed by atoms with van der Waals surface area (Å²) in [5.74, 6) is 0.355. The number of methoxy groups -OCH3 is 1. The van der Waals surface area contributed by atoms with E-state index in [1.807, 2.05) is 18.2 Å². The zero-order valence-corrected chi connectivity index (χ0v) is 20.6. The molecule has 1 aromatic heterocycles. The van der Waals surface area contributed by atoms with E-state index in [4.69, 9.17) is 4.74 Å². The Morgan fingerprint density at radius 1 is 1.26 bits per heavy atom. The minimum atomic E-state index is -4.24. The summed E-state index contributed by atoms with van der Waals surface area (Å²) in [6.45, 7) is 0.436. The summed E-state index contributed by atoms with van der Waals surface area (Å²) in [5, 5.41) is 2.09. The van der Waals surface area contributed by atoms with E-state index >= 15 is 0 Å². The van der Waals surface area contributed by atoms with Gasteiger partial charge in [0, 0.05) is 34.2 Å². The van der Waals surface area contributed by atoms with Crippen molar-refractivity contribution in [1.82, 2.24) is 0 Å². The third-order valence-corrected chi connectivity index (χ3v) is 8.83. The van der Waals surface area contributed by atoms with E-state index in [-0.39, 0.29) is 12.2 Å². The summed E-state index contributed by atoms with van der Waals surface area (Å²) in [7, 11) is -0.570. The highest BCUT2D eigenvalue weighted by molar-refractivity contribution is 8.04. The lowest BCUT2D eigenvalue weighted by atomic mass is 10.2. The van der Waals surface area contributed by atoms with Crippen molar-refractivity contribution in [3.8, 4) is 5.75 Å². The monoisotopic (exact) mass is 494 g/mol. The van der Waals surface area contributed by atoms with Crippen LogP contribution in [0.4, 0.5) is 5.69 Å². The van der Waals surface area contributed by atoms with Gasteiger partial charge in [0.25, 0.3) is 5.01 Å². The summed E-state index contributed by atoms with van der Waals surface area (Å²) >= 11 is 5.07. The van der Waals surface area contributed by atoms with E-state index in [2.05, 4.69) is 47.0 Å². The van der Waals surface area contributed by atoms with Gasteiger partial charge in [-0.15, -0.1) is 11.8 Å². The number of anilines is 1. The Bertz CT molecular complexity index is 1270. The smallest absolute Gasteiger partial charge is 0.265 e. The molecule has 0 unspecified atom stereocenters. The van der Waals surface area contributed by atoms with Crippen LogP contribution >= 0.6 is 34.9 Å². The third kappa shape index (κ3) is 4.88. The van der Waals surface area contributed by atoms with Crippen LogP contribution in [-0.2, 0) is 17.2 Å². The van der Waals surface area contributed by atoms with Crippen LogP contribution in [-0.4, -0.2) is 38.6 Å². The zero-order valence-electron chi connectivity index (χ0n) is 17.3. The number of ether oxygens (including phenoxy) is 1. The standard InChI is InChI=1S/C21H22N2O4S4/c1-22-16-12-15(28-3)6-8-18(16)29-20(22)13-21-23(9-4-10-31(24,25)26)17-11-14(27-2)5-7-19(17)30-21/h5-8,11-13H,4,9-10H2,1-3H3. The van der Waals surface area contributed by atoms with Crippen molar-refractivity contribution in [3.63, 3.8) is 0 Å². The van der Waals surface area contributed by atoms with Gasteiger partial charge in [0.2, 0.25) is 5.52 Å². The summed E-state index contributed by atoms with van der Waals surface area (Å²) in [6.07, 6.45) is 4.46. The molecule has 0 aliphatic carbocycles. The highest BCUT2D eigenvalue weighted by Gasteiger charge is 2.27. The number of aryl methyl sites for hydroxylation is 1. The number of benzene rings is 2. The van der Waals surface area contributed by atoms with Crippen molar-refractivity contribution in [1.29, 1.82) is 0 Å². The van der Waals surface area contributed by atoms with E-state index in [0.29, 0.717) is 6.54 Å². The molecule has 31 heavy (non-hydrogen) atoms. The van der Waals surface area contributed by atoms with Gasteiger partial charge in [-0.05, 0) is 36.9 Å². The second-order valence-corrected chi connectivity index (χ2v) is 11.5. The maximum Gasteiger partial charge on any atom is 0.265 e. The quantitative estimate of drug-likeness (QED) is 0.275. The molecule has 3 aromatic rings. The summed E-state index contributed by atoms with van der Waals surface area (Å²) in [5.41, 5.74) is 2.14. The SMILES string of the molecule is COc1ccc2c(c1)N(CCCS(=O)(=O)[O-])/C(=C/c1sc3ccc(SC)cc3[n+]1C)S2. The van der Waals surface area contributed by atoms with Gasteiger partial charge >= 0.3 is 0 Å². The predicted octanol–water partition coefficient (Wildman–Crippen LogP) is 4.30. The molecule has 1 aliphatic rings. The lowest BCUT2D eigenvalue weighted by Gasteiger charge is -2.21. The maximum absolute atomic E-state index is 11.1. The minimum absolute atomic E-state index is 0.260. The number of thiazole rings is 1. The molecule has 2 heterocycles. The first-order chi connectivity index (χ1) is 14.8. The van der Waals surface area contributed by atoms with Gasteiger partial charge in [-0.2, -0.15) is 4.57 Å². The van der Waals surface area contributed by atoms with Crippen molar-refractivity contribution in [2.45, 2.75) is 16.2 Å². The Hall–Kier alpha value is -1.72. The maximum atomic E-state index is 11.1. The van der Waals surface area contributed by atoms with E-state index in [1.54, 1.807) is 42.0 Å². The molecule has 1 aliphatic heterocycles. The van der Waals surface area contributed by atoms with Crippen molar-refractivity contribution < 1.29 is 22.3 Å². The van der Waals surface area contributed by atoms with Crippen molar-refractivity contribution in [2.24, 2.45) is 7.05 Å². The van der Waals surface area contributed by atoms with E-state index in [0.717, 1.165) is 26.4 Å². The number of hydrogen-bond acceptors (Lipinski definition) is 8. The van der Waals surface area contributed by atoms with Crippen LogP contribution < -0.4 is 14.2 Å². The molecule has 10 heteroatoms. The summed E-state index contributed by atoms with van der Waals surface area (Å²) in [6, 6.07) is 12.3. The van der Waals surface area contributed by atoms with Crippen LogP contribution in [0.3, 0.4) is 0 Å². The predicted molar refractivity (Wildman–Crippen MR) is 128 cm³/mol. The first-order valence-corrected chi connectivity index (χ1v) is 14.0. The molecule has 164 valence electrons. The fourth-order valence-corrected chi connectivity index (χ4v) is 6.61. The van der Waals surface area contributed by atoms with Crippen LogP contribution in [0, 0.1) is 0 Å². The lowest BCUT2D eigenvalue weighted by Crippen LogP contribution is -2.29. The van der Waals surface area contributed by atoms with Crippen LogP contribution in [0.2, 0.25) is 0 Å². The first kappa shape index (κ1) is 22.5. The molecular weight excluding hydrogens is 473 g/mol. The molecule has 0 atom stereocenters. The zero-order chi connectivity index (χ0) is 22.2. The average molecular weight is 495 g/mol. The average Bonchev–Trinajstić information content (AvgIpc) is 3.24. The van der Waals surface area contributed by atoms with E-state index < -0.39 is 10.1 Å². The van der Waals surface area contributed by atoms with Crippen LogP contribution in [0.25, 0.3) is 16.3 Å². The highest BCUT2D eigenvalue weighted by Crippen LogP contribution is 2.48. The number of nitrogens with zero attached hydrogens (tertiary/aromatic N) is 2. The van der Waals surface area contributed by atoms with Gasteiger partial charge in [0.1, 0.15) is 17.5 Å². The van der Waals surface area contributed by atoms with Gasteiger partial charge in [-0.25, -0.2) is 8.42 Å². The topological polar surface area (TPSA) is 73.5 Å². The molecular formula is C21H22N2O4S4. The molecule has 0 spiro atoms. The molecule has 0 radical (unpaired) electrons. The number of rotatable bonds is 7. The van der Waals surface area contributed by atoms with E-state index in [9.17, 15) is 13.0 Å². The van der Waals surface area contributed by atoms with Gasteiger partial charge in [0.15, 0.2) is 0 Å². The molecule has 0 bridgehead atoms. The molecule has 0 fully saturated rings. The van der Waals surface area contributed by atoms with Crippen molar-refractivity contribution in [3.05, 3.63) is 46.4 Å². The fourth-order valence-electron chi connectivity index (χ4n) is 3.45.